The van der Waals surface area contributed by atoms with E-state index in [0.717, 1.165) is 17.2 Å². The van der Waals surface area contributed by atoms with E-state index in [0.29, 0.717) is 25.5 Å². The van der Waals surface area contributed by atoms with Crippen LogP contribution < -0.4 is 5.32 Å². The van der Waals surface area contributed by atoms with Gasteiger partial charge < -0.3 is 10.1 Å². The molecule has 0 radical (unpaired) electrons. The lowest BCUT2D eigenvalue weighted by Crippen LogP contribution is -2.14. The number of carbonyl (C=O) groups excluding carboxylic acids is 1. The average molecular weight is 284 g/mol. The van der Waals surface area contributed by atoms with E-state index >= 15 is 0 Å². The molecule has 5 heteroatoms. The third-order valence-electron chi connectivity index (χ3n) is 2.80. The number of esters is 1. The van der Waals surface area contributed by atoms with Crippen LogP contribution in [-0.2, 0) is 16.0 Å². The molecule has 1 atom stereocenters. The fourth-order valence-corrected chi connectivity index (χ4v) is 2.60. The highest BCUT2D eigenvalue weighted by Crippen LogP contribution is 2.18. The molecule has 0 saturated carbocycles. The molecule has 0 saturated heterocycles. The first kappa shape index (κ1) is 16.0. The Bertz CT molecular complexity index is 379. The molecule has 0 spiro atoms. The molecule has 1 aromatic heterocycles. The predicted molar refractivity (Wildman–Crippen MR) is 79.7 cm³/mol. The van der Waals surface area contributed by atoms with Crippen molar-refractivity contribution in [2.45, 2.75) is 58.9 Å². The molecule has 108 valence electrons. The van der Waals surface area contributed by atoms with Crippen molar-refractivity contribution in [2.75, 3.05) is 11.9 Å². The predicted octanol–water partition coefficient (Wildman–Crippen LogP) is 3.63. The van der Waals surface area contributed by atoms with Gasteiger partial charge in [-0.1, -0.05) is 19.8 Å². The highest BCUT2D eigenvalue weighted by Gasteiger charge is 2.08. The molecular weight excluding hydrogens is 260 g/mol. The summed E-state index contributed by atoms with van der Waals surface area (Å²) < 4.78 is 4.90. The van der Waals surface area contributed by atoms with Crippen LogP contribution in [-0.4, -0.2) is 23.6 Å². The van der Waals surface area contributed by atoms with Crippen LogP contribution in [0.2, 0.25) is 0 Å². The number of nitrogens with zero attached hydrogens (tertiary/aromatic N) is 1. The summed E-state index contributed by atoms with van der Waals surface area (Å²) in [5, 5.41) is 6.36. The number of carbonyl (C=O) groups is 1. The Balaban J connectivity index is 2.33. The normalized spacial score (nSPS) is 12.2. The van der Waals surface area contributed by atoms with Crippen molar-refractivity contribution in [2.24, 2.45) is 0 Å². The summed E-state index contributed by atoms with van der Waals surface area (Å²) >= 11 is 1.60. The molecule has 19 heavy (non-hydrogen) atoms. The van der Waals surface area contributed by atoms with Crippen LogP contribution >= 0.6 is 11.3 Å². The summed E-state index contributed by atoms with van der Waals surface area (Å²) in [5.41, 5.74) is 0.961. The third kappa shape index (κ3) is 6.57. The van der Waals surface area contributed by atoms with E-state index in [-0.39, 0.29) is 5.97 Å². The smallest absolute Gasteiger partial charge is 0.306 e. The first-order valence-electron chi connectivity index (χ1n) is 7.02. The van der Waals surface area contributed by atoms with E-state index in [2.05, 4.69) is 24.1 Å². The van der Waals surface area contributed by atoms with Gasteiger partial charge in [-0.2, -0.15) is 0 Å². The fraction of sp³-hybridized carbons (Fsp3) is 0.714. The number of aromatic nitrogens is 1. The standard InChI is InChI=1S/C14H24N2O2S/c1-4-6-7-11(3)15-14-16-12(10-19-14)8-9-13(17)18-5-2/h10-11H,4-9H2,1-3H3,(H,15,16). The maximum absolute atomic E-state index is 11.3. The summed E-state index contributed by atoms with van der Waals surface area (Å²) in [4.78, 5) is 15.7. The monoisotopic (exact) mass is 284 g/mol. The Hall–Kier alpha value is -1.10. The summed E-state index contributed by atoms with van der Waals surface area (Å²) in [5.74, 6) is -0.152. The van der Waals surface area contributed by atoms with Crippen molar-refractivity contribution in [1.82, 2.24) is 4.98 Å². The lowest BCUT2D eigenvalue weighted by atomic mass is 10.1. The fourth-order valence-electron chi connectivity index (χ4n) is 1.74. The van der Waals surface area contributed by atoms with Gasteiger partial charge in [-0.05, 0) is 20.3 Å². The number of hydrogen-bond donors (Lipinski definition) is 1. The van der Waals surface area contributed by atoms with Crippen LogP contribution in [0.25, 0.3) is 0 Å². The first-order valence-corrected chi connectivity index (χ1v) is 7.90. The molecule has 1 rings (SSSR count). The Labute approximate surface area is 119 Å². The molecule has 1 heterocycles. The number of hydrogen-bond acceptors (Lipinski definition) is 5. The molecule has 0 aliphatic carbocycles. The van der Waals surface area contributed by atoms with Crippen LogP contribution in [0, 0.1) is 0 Å². The number of rotatable bonds is 9. The lowest BCUT2D eigenvalue weighted by molar-refractivity contribution is -0.143. The molecule has 1 unspecified atom stereocenters. The molecule has 0 aliphatic rings. The van der Waals surface area contributed by atoms with E-state index in [4.69, 9.17) is 4.74 Å². The van der Waals surface area contributed by atoms with Gasteiger partial charge in [-0.3, -0.25) is 4.79 Å². The molecule has 1 N–H and O–H groups in total. The van der Waals surface area contributed by atoms with E-state index in [1.807, 2.05) is 12.3 Å². The SMILES string of the molecule is CCCCC(C)Nc1nc(CCC(=O)OCC)cs1. The number of ether oxygens (including phenoxy) is 1. The topological polar surface area (TPSA) is 51.2 Å². The molecule has 0 aliphatic heterocycles. The number of anilines is 1. The zero-order valence-corrected chi connectivity index (χ0v) is 12.9. The molecule has 0 fully saturated rings. The molecular formula is C14H24N2O2S. The minimum Gasteiger partial charge on any atom is -0.466 e. The molecule has 0 amide bonds. The number of aryl methyl sites for hydroxylation is 1. The number of unbranched alkanes of at least 4 members (excludes halogenated alkanes) is 1. The van der Waals surface area contributed by atoms with E-state index in [1.54, 1.807) is 11.3 Å². The molecule has 0 bridgehead atoms. The highest BCUT2D eigenvalue weighted by molar-refractivity contribution is 7.13. The largest absolute Gasteiger partial charge is 0.466 e. The maximum atomic E-state index is 11.3. The van der Waals surface area contributed by atoms with Crippen molar-refractivity contribution < 1.29 is 9.53 Å². The van der Waals surface area contributed by atoms with Gasteiger partial charge in [0.05, 0.1) is 18.7 Å². The molecule has 0 aromatic carbocycles. The average Bonchev–Trinajstić information content (AvgIpc) is 2.82. The van der Waals surface area contributed by atoms with Gasteiger partial charge >= 0.3 is 5.97 Å². The number of thiazole rings is 1. The van der Waals surface area contributed by atoms with Gasteiger partial charge in [0.1, 0.15) is 0 Å². The second kappa shape index (κ2) is 8.91. The maximum Gasteiger partial charge on any atom is 0.306 e. The number of nitrogens with one attached hydrogen (secondary N) is 1. The van der Waals surface area contributed by atoms with Crippen molar-refractivity contribution in [3.8, 4) is 0 Å². The second-order valence-electron chi connectivity index (χ2n) is 4.64. The quantitative estimate of drug-likeness (QED) is 0.704. The first-order chi connectivity index (χ1) is 9.15. The Kier molecular flexibility index (Phi) is 7.48. The zero-order chi connectivity index (χ0) is 14.1. The minimum absolute atomic E-state index is 0.152. The van der Waals surface area contributed by atoms with E-state index in [1.165, 1.54) is 12.8 Å². The summed E-state index contributed by atoms with van der Waals surface area (Å²) in [6, 6.07) is 0.448. The summed E-state index contributed by atoms with van der Waals surface area (Å²) in [6.07, 6.45) is 4.67. The Morgan fingerprint density at radius 1 is 1.53 bits per heavy atom. The van der Waals surface area contributed by atoms with E-state index < -0.39 is 0 Å². The van der Waals surface area contributed by atoms with Crippen LogP contribution in [0.3, 0.4) is 0 Å². The van der Waals surface area contributed by atoms with Crippen LogP contribution in [0.4, 0.5) is 5.13 Å². The van der Waals surface area contributed by atoms with Crippen LogP contribution in [0.1, 0.15) is 52.1 Å². The van der Waals surface area contributed by atoms with Crippen LogP contribution in [0.15, 0.2) is 5.38 Å². The van der Waals surface area contributed by atoms with Gasteiger partial charge in [-0.15, -0.1) is 11.3 Å². The van der Waals surface area contributed by atoms with Crippen molar-refractivity contribution in [3.05, 3.63) is 11.1 Å². The highest BCUT2D eigenvalue weighted by atomic mass is 32.1. The summed E-state index contributed by atoms with van der Waals surface area (Å²) in [6.45, 7) is 6.64. The van der Waals surface area contributed by atoms with Crippen LogP contribution in [0.5, 0.6) is 0 Å². The van der Waals surface area contributed by atoms with E-state index in [9.17, 15) is 4.79 Å². The Morgan fingerprint density at radius 2 is 2.32 bits per heavy atom. The van der Waals surface area contributed by atoms with Crippen molar-refractivity contribution in [3.63, 3.8) is 0 Å². The Morgan fingerprint density at radius 3 is 3.00 bits per heavy atom. The zero-order valence-electron chi connectivity index (χ0n) is 12.1. The van der Waals surface area contributed by atoms with Gasteiger partial charge in [-0.25, -0.2) is 4.98 Å². The molecule has 4 nitrogen and oxygen atoms in total. The second-order valence-corrected chi connectivity index (χ2v) is 5.49. The third-order valence-corrected chi connectivity index (χ3v) is 3.63. The summed E-state index contributed by atoms with van der Waals surface area (Å²) in [7, 11) is 0. The minimum atomic E-state index is -0.152. The molecule has 1 aromatic rings. The van der Waals surface area contributed by atoms with Gasteiger partial charge in [0.2, 0.25) is 0 Å². The lowest BCUT2D eigenvalue weighted by Gasteiger charge is -2.11. The van der Waals surface area contributed by atoms with Gasteiger partial charge in [0.25, 0.3) is 0 Å². The van der Waals surface area contributed by atoms with Crippen molar-refractivity contribution >= 4 is 22.4 Å². The van der Waals surface area contributed by atoms with Gasteiger partial charge in [0.15, 0.2) is 5.13 Å². The van der Waals surface area contributed by atoms with Gasteiger partial charge in [0, 0.05) is 17.8 Å². The van der Waals surface area contributed by atoms with Crippen molar-refractivity contribution in [1.29, 1.82) is 0 Å².